The van der Waals surface area contributed by atoms with Crippen molar-refractivity contribution in [3.63, 3.8) is 0 Å². The molecule has 0 spiro atoms. The molecular weight excluding hydrogens is 238 g/mol. The van der Waals surface area contributed by atoms with Crippen molar-refractivity contribution in [3.05, 3.63) is 42.7 Å². The highest BCUT2D eigenvalue weighted by Crippen LogP contribution is 2.19. The first-order valence-electron chi connectivity index (χ1n) is 6.84. The molecule has 1 aliphatic heterocycles. The van der Waals surface area contributed by atoms with Crippen LogP contribution in [-0.4, -0.2) is 37.7 Å². The molecule has 0 aromatic carbocycles. The molecule has 2 aromatic heterocycles. The summed E-state index contributed by atoms with van der Waals surface area (Å²) in [6.07, 6.45) is 9.74. The van der Waals surface area contributed by atoms with E-state index in [1.807, 2.05) is 23.1 Å². The van der Waals surface area contributed by atoms with Gasteiger partial charge < -0.3 is 0 Å². The Bertz CT molecular complexity index is 482. The molecule has 0 saturated carbocycles. The van der Waals surface area contributed by atoms with Gasteiger partial charge in [0.05, 0.1) is 0 Å². The van der Waals surface area contributed by atoms with Crippen molar-refractivity contribution in [2.45, 2.75) is 25.9 Å². The molecule has 0 bridgehead atoms. The zero-order valence-corrected chi connectivity index (χ0v) is 11.0. The summed E-state index contributed by atoms with van der Waals surface area (Å²) in [5.41, 5.74) is 1.30. The van der Waals surface area contributed by atoms with Crippen molar-refractivity contribution in [1.29, 1.82) is 0 Å². The molecule has 1 unspecified atom stereocenters. The third kappa shape index (κ3) is 3.38. The number of rotatable bonds is 4. The van der Waals surface area contributed by atoms with E-state index in [0.717, 1.165) is 19.6 Å². The number of likely N-dealkylation sites (tertiary alicyclic amines) is 1. The number of nitrogens with zero attached hydrogens (tertiary/aromatic N) is 5. The van der Waals surface area contributed by atoms with Crippen molar-refractivity contribution < 1.29 is 0 Å². The first kappa shape index (κ1) is 12.3. The van der Waals surface area contributed by atoms with Gasteiger partial charge in [-0.3, -0.25) is 14.6 Å². The van der Waals surface area contributed by atoms with Crippen molar-refractivity contribution in [1.82, 2.24) is 24.6 Å². The van der Waals surface area contributed by atoms with Crippen LogP contribution in [0.1, 0.15) is 18.4 Å². The molecule has 1 aliphatic rings. The highest BCUT2D eigenvalue weighted by Gasteiger charge is 2.20. The number of hydrogen-bond donors (Lipinski definition) is 0. The number of piperidine rings is 1. The Kier molecular flexibility index (Phi) is 3.83. The van der Waals surface area contributed by atoms with E-state index in [9.17, 15) is 0 Å². The lowest BCUT2D eigenvalue weighted by Gasteiger charge is -2.32. The fourth-order valence-corrected chi connectivity index (χ4v) is 2.79. The predicted molar refractivity (Wildman–Crippen MR) is 72.3 cm³/mol. The second-order valence-electron chi connectivity index (χ2n) is 5.22. The van der Waals surface area contributed by atoms with E-state index < -0.39 is 0 Å². The first-order valence-corrected chi connectivity index (χ1v) is 6.84. The summed E-state index contributed by atoms with van der Waals surface area (Å²) in [6, 6.07) is 4.15. The SMILES string of the molecule is c1cncc(CN2CCCC(Cn3cncn3)C2)c1. The third-order valence-electron chi connectivity index (χ3n) is 3.64. The summed E-state index contributed by atoms with van der Waals surface area (Å²) >= 11 is 0. The van der Waals surface area contributed by atoms with Gasteiger partial charge in [-0.05, 0) is 36.9 Å². The Labute approximate surface area is 113 Å². The second-order valence-corrected chi connectivity index (χ2v) is 5.22. The quantitative estimate of drug-likeness (QED) is 0.834. The second kappa shape index (κ2) is 5.93. The third-order valence-corrected chi connectivity index (χ3v) is 3.64. The Morgan fingerprint density at radius 3 is 3.11 bits per heavy atom. The maximum atomic E-state index is 4.20. The molecule has 1 atom stereocenters. The van der Waals surface area contributed by atoms with Crippen LogP contribution in [0, 0.1) is 5.92 Å². The highest BCUT2D eigenvalue weighted by atomic mass is 15.3. The zero-order chi connectivity index (χ0) is 12.9. The Morgan fingerprint density at radius 2 is 2.32 bits per heavy atom. The smallest absolute Gasteiger partial charge is 0.137 e. The Morgan fingerprint density at radius 1 is 1.32 bits per heavy atom. The lowest BCUT2D eigenvalue weighted by Crippen LogP contribution is -2.36. The fourth-order valence-electron chi connectivity index (χ4n) is 2.79. The van der Waals surface area contributed by atoms with E-state index in [-0.39, 0.29) is 0 Å². The highest BCUT2D eigenvalue weighted by molar-refractivity contribution is 5.08. The van der Waals surface area contributed by atoms with Gasteiger partial charge in [-0.15, -0.1) is 0 Å². The molecule has 5 nitrogen and oxygen atoms in total. The van der Waals surface area contributed by atoms with E-state index >= 15 is 0 Å². The molecule has 0 radical (unpaired) electrons. The summed E-state index contributed by atoms with van der Waals surface area (Å²) in [6.45, 7) is 4.29. The van der Waals surface area contributed by atoms with Crippen LogP contribution in [0.2, 0.25) is 0 Å². The molecule has 3 heterocycles. The van der Waals surface area contributed by atoms with Crippen LogP contribution in [0.15, 0.2) is 37.2 Å². The van der Waals surface area contributed by atoms with Gasteiger partial charge in [0.1, 0.15) is 12.7 Å². The number of hydrogen-bond acceptors (Lipinski definition) is 4. The lowest BCUT2D eigenvalue weighted by atomic mass is 9.98. The molecule has 2 aromatic rings. The largest absolute Gasteiger partial charge is 0.299 e. The summed E-state index contributed by atoms with van der Waals surface area (Å²) < 4.78 is 1.94. The van der Waals surface area contributed by atoms with Gasteiger partial charge in [-0.1, -0.05) is 6.07 Å². The molecule has 1 saturated heterocycles. The topological polar surface area (TPSA) is 46.8 Å². The summed E-state index contributed by atoms with van der Waals surface area (Å²) in [5, 5.41) is 4.20. The van der Waals surface area contributed by atoms with Crippen LogP contribution in [0.25, 0.3) is 0 Å². The van der Waals surface area contributed by atoms with Gasteiger partial charge in [0.2, 0.25) is 0 Å². The van der Waals surface area contributed by atoms with Gasteiger partial charge in [-0.25, -0.2) is 4.98 Å². The van der Waals surface area contributed by atoms with Crippen LogP contribution in [0.5, 0.6) is 0 Å². The minimum atomic E-state index is 0.673. The fraction of sp³-hybridized carbons (Fsp3) is 0.500. The minimum Gasteiger partial charge on any atom is -0.299 e. The first-order chi connectivity index (χ1) is 9.40. The number of pyridine rings is 1. The molecule has 0 N–H and O–H groups in total. The number of aromatic nitrogens is 4. The van der Waals surface area contributed by atoms with Crippen LogP contribution >= 0.6 is 0 Å². The average molecular weight is 257 g/mol. The van der Waals surface area contributed by atoms with E-state index in [0.29, 0.717) is 5.92 Å². The van der Waals surface area contributed by atoms with Crippen LogP contribution in [0.4, 0.5) is 0 Å². The predicted octanol–water partition coefficient (Wildman–Crippen LogP) is 1.59. The molecule has 0 amide bonds. The van der Waals surface area contributed by atoms with E-state index in [1.54, 1.807) is 12.7 Å². The summed E-state index contributed by atoms with van der Waals surface area (Å²) in [7, 11) is 0. The lowest BCUT2D eigenvalue weighted by molar-refractivity contribution is 0.153. The van der Waals surface area contributed by atoms with Crippen LogP contribution in [-0.2, 0) is 13.1 Å². The molecule has 19 heavy (non-hydrogen) atoms. The summed E-state index contributed by atoms with van der Waals surface area (Å²) in [4.78, 5) is 10.7. The maximum Gasteiger partial charge on any atom is 0.137 e. The van der Waals surface area contributed by atoms with Crippen molar-refractivity contribution >= 4 is 0 Å². The standard InChI is InChI=1S/C14H19N5/c1-3-13(7-15-5-1)8-18-6-2-4-14(9-18)10-19-12-16-11-17-19/h1,3,5,7,11-12,14H,2,4,6,8-10H2. The van der Waals surface area contributed by atoms with Gasteiger partial charge in [0.25, 0.3) is 0 Å². The van der Waals surface area contributed by atoms with E-state index in [1.165, 1.54) is 24.9 Å². The molecule has 5 heteroatoms. The van der Waals surface area contributed by atoms with Gasteiger partial charge >= 0.3 is 0 Å². The van der Waals surface area contributed by atoms with Gasteiger partial charge in [0, 0.05) is 32.0 Å². The minimum absolute atomic E-state index is 0.673. The molecular formula is C14H19N5. The Hall–Kier alpha value is -1.75. The monoisotopic (exact) mass is 257 g/mol. The Balaban J connectivity index is 1.56. The maximum absolute atomic E-state index is 4.20. The zero-order valence-electron chi connectivity index (χ0n) is 11.0. The van der Waals surface area contributed by atoms with E-state index in [2.05, 4.69) is 26.0 Å². The van der Waals surface area contributed by atoms with E-state index in [4.69, 9.17) is 0 Å². The molecule has 0 aliphatic carbocycles. The molecule has 1 fully saturated rings. The van der Waals surface area contributed by atoms with Crippen LogP contribution < -0.4 is 0 Å². The van der Waals surface area contributed by atoms with Crippen LogP contribution in [0.3, 0.4) is 0 Å². The summed E-state index contributed by atoms with van der Waals surface area (Å²) in [5.74, 6) is 0.673. The molecule has 100 valence electrons. The van der Waals surface area contributed by atoms with Gasteiger partial charge in [-0.2, -0.15) is 5.10 Å². The van der Waals surface area contributed by atoms with Gasteiger partial charge in [0.15, 0.2) is 0 Å². The molecule has 3 rings (SSSR count). The normalized spacial score (nSPS) is 20.5. The van der Waals surface area contributed by atoms with Crippen molar-refractivity contribution in [2.24, 2.45) is 5.92 Å². The van der Waals surface area contributed by atoms with Crippen molar-refractivity contribution in [2.75, 3.05) is 13.1 Å². The van der Waals surface area contributed by atoms with Crippen molar-refractivity contribution in [3.8, 4) is 0 Å². The average Bonchev–Trinajstić information content (AvgIpc) is 2.93.